The lowest BCUT2D eigenvalue weighted by atomic mass is 10.1. The summed E-state index contributed by atoms with van der Waals surface area (Å²) >= 11 is 0. The summed E-state index contributed by atoms with van der Waals surface area (Å²) in [7, 11) is 0. The zero-order valence-corrected chi connectivity index (χ0v) is 16.8. The highest BCUT2D eigenvalue weighted by Gasteiger charge is 2.21. The summed E-state index contributed by atoms with van der Waals surface area (Å²) in [5.74, 6) is 0. The molecule has 4 aromatic rings. The Hall–Kier alpha value is -3.12. The van der Waals surface area contributed by atoms with Crippen molar-refractivity contribution >= 4 is 22.2 Å². The Morgan fingerprint density at radius 1 is 1.14 bits per heavy atom. The Morgan fingerprint density at radius 2 is 1.93 bits per heavy atom. The molecule has 0 spiro atoms. The molecule has 1 aliphatic heterocycles. The highest BCUT2D eigenvalue weighted by Crippen LogP contribution is 2.27. The molecule has 6 nitrogen and oxygen atoms in total. The molecule has 4 heterocycles. The molecule has 0 unspecified atom stereocenters. The predicted molar refractivity (Wildman–Crippen MR) is 116 cm³/mol. The molecule has 0 aliphatic carbocycles. The lowest BCUT2D eigenvalue weighted by Gasteiger charge is -2.37. The third-order valence-corrected chi connectivity index (χ3v) is 5.67. The average molecular weight is 388 g/mol. The zero-order chi connectivity index (χ0) is 20.1. The summed E-state index contributed by atoms with van der Waals surface area (Å²) in [6.45, 7) is 8.21. The third-order valence-electron chi connectivity index (χ3n) is 5.67. The molecule has 3 aromatic heterocycles. The Kier molecular flexibility index (Phi) is 4.17. The average Bonchev–Trinajstić information content (AvgIpc) is 3.11. The van der Waals surface area contributed by atoms with Crippen molar-refractivity contribution in [1.82, 2.24) is 14.7 Å². The molecule has 0 bridgehead atoms. The monoisotopic (exact) mass is 388 g/mol. The number of piperazine rings is 1. The number of nitrogens with zero attached hydrogens (tertiary/aromatic N) is 3. The van der Waals surface area contributed by atoms with Crippen molar-refractivity contribution in [2.45, 2.75) is 32.9 Å². The normalized spacial score (nSPS) is 19.9. The molecule has 0 amide bonds. The molecule has 1 fully saturated rings. The number of aryl methyl sites for hydroxylation is 1. The molecule has 1 saturated heterocycles. The largest absolute Gasteiger partial charge is 0.422 e. The molecule has 1 aromatic carbocycles. The smallest absolute Gasteiger partial charge is 0.344 e. The Morgan fingerprint density at radius 3 is 2.69 bits per heavy atom. The topological polar surface area (TPSA) is 62.8 Å². The van der Waals surface area contributed by atoms with Crippen molar-refractivity contribution in [3.8, 4) is 11.1 Å². The highest BCUT2D eigenvalue weighted by atomic mass is 16.4. The summed E-state index contributed by atoms with van der Waals surface area (Å²) < 4.78 is 7.72. The van der Waals surface area contributed by atoms with Crippen LogP contribution in [0.1, 0.15) is 19.5 Å². The van der Waals surface area contributed by atoms with E-state index < -0.39 is 0 Å². The van der Waals surface area contributed by atoms with Crippen LogP contribution in [0.25, 0.3) is 27.6 Å². The molecule has 0 radical (unpaired) electrons. The fraction of sp³-hybridized carbons (Fsp3) is 0.304. The van der Waals surface area contributed by atoms with Gasteiger partial charge in [0.1, 0.15) is 5.58 Å². The number of nitrogens with one attached hydrogen (secondary N) is 1. The minimum atomic E-state index is -0.321. The number of hydrogen-bond acceptors (Lipinski definition) is 5. The van der Waals surface area contributed by atoms with Gasteiger partial charge in [0.05, 0.1) is 16.8 Å². The second-order valence-electron chi connectivity index (χ2n) is 8.08. The van der Waals surface area contributed by atoms with Crippen LogP contribution in [0.3, 0.4) is 0 Å². The van der Waals surface area contributed by atoms with E-state index in [1.54, 1.807) is 6.20 Å². The number of benzene rings is 1. The van der Waals surface area contributed by atoms with Gasteiger partial charge in [-0.1, -0.05) is 0 Å². The van der Waals surface area contributed by atoms with Crippen LogP contribution in [0.2, 0.25) is 0 Å². The highest BCUT2D eigenvalue weighted by molar-refractivity contribution is 5.85. The Balaban J connectivity index is 1.56. The molecular weight excluding hydrogens is 364 g/mol. The van der Waals surface area contributed by atoms with Crippen molar-refractivity contribution in [1.29, 1.82) is 0 Å². The van der Waals surface area contributed by atoms with Gasteiger partial charge in [-0.3, -0.25) is 4.98 Å². The van der Waals surface area contributed by atoms with Crippen molar-refractivity contribution in [3.05, 3.63) is 65.0 Å². The SMILES string of the molecule is Cc1nccn2cc(-c3cc4ccc(N5C[C@@H](C)N[C@@H](C)C5)cc4oc3=O)cc12. The van der Waals surface area contributed by atoms with E-state index in [-0.39, 0.29) is 5.63 Å². The maximum Gasteiger partial charge on any atom is 0.344 e. The number of fused-ring (bicyclic) bond motifs is 2. The zero-order valence-electron chi connectivity index (χ0n) is 16.8. The van der Waals surface area contributed by atoms with Crippen LogP contribution in [0, 0.1) is 6.92 Å². The lowest BCUT2D eigenvalue weighted by Crippen LogP contribution is -2.54. The summed E-state index contributed by atoms with van der Waals surface area (Å²) in [5, 5.41) is 4.47. The van der Waals surface area contributed by atoms with Gasteiger partial charge in [-0.25, -0.2) is 4.79 Å². The summed E-state index contributed by atoms with van der Waals surface area (Å²) in [4.78, 5) is 19.4. The van der Waals surface area contributed by atoms with Crippen LogP contribution in [0.4, 0.5) is 5.69 Å². The van der Waals surface area contributed by atoms with Gasteiger partial charge in [0.2, 0.25) is 0 Å². The predicted octanol–water partition coefficient (Wildman–Crippen LogP) is 3.60. The lowest BCUT2D eigenvalue weighted by molar-refractivity contribution is 0.407. The van der Waals surface area contributed by atoms with Gasteiger partial charge in [-0.2, -0.15) is 0 Å². The van der Waals surface area contributed by atoms with Crippen LogP contribution in [0.5, 0.6) is 0 Å². The van der Waals surface area contributed by atoms with Crippen LogP contribution >= 0.6 is 0 Å². The molecular formula is C23H24N4O2. The summed E-state index contributed by atoms with van der Waals surface area (Å²) in [5.41, 5.74) is 4.70. The van der Waals surface area contributed by atoms with E-state index in [2.05, 4.69) is 35.1 Å². The van der Waals surface area contributed by atoms with Crippen molar-refractivity contribution in [2.75, 3.05) is 18.0 Å². The second-order valence-corrected chi connectivity index (χ2v) is 8.08. The number of anilines is 1. The first-order valence-corrected chi connectivity index (χ1v) is 10.0. The van der Waals surface area contributed by atoms with Gasteiger partial charge >= 0.3 is 5.63 Å². The Bertz CT molecular complexity index is 1260. The second kappa shape index (κ2) is 6.74. The maximum atomic E-state index is 12.8. The summed E-state index contributed by atoms with van der Waals surface area (Å²) in [6.07, 6.45) is 5.59. The fourth-order valence-corrected chi connectivity index (χ4v) is 4.36. The number of aromatic nitrogens is 2. The van der Waals surface area contributed by atoms with E-state index in [0.29, 0.717) is 23.2 Å². The molecule has 148 valence electrons. The van der Waals surface area contributed by atoms with Crippen LogP contribution in [-0.4, -0.2) is 34.6 Å². The minimum absolute atomic E-state index is 0.321. The molecule has 5 rings (SSSR count). The van der Waals surface area contributed by atoms with E-state index in [0.717, 1.165) is 40.9 Å². The van der Waals surface area contributed by atoms with Crippen molar-refractivity contribution < 1.29 is 4.42 Å². The van der Waals surface area contributed by atoms with Crippen LogP contribution in [0.15, 0.2) is 58.1 Å². The first-order valence-electron chi connectivity index (χ1n) is 10.0. The molecule has 1 N–H and O–H groups in total. The molecule has 2 atom stereocenters. The maximum absolute atomic E-state index is 12.8. The van der Waals surface area contributed by atoms with E-state index in [9.17, 15) is 4.79 Å². The van der Waals surface area contributed by atoms with Gasteiger partial charge in [0, 0.05) is 66.5 Å². The van der Waals surface area contributed by atoms with Gasteiger partial charge in [0.15, 0.2) is 0 Å². The molecule has 29 heavy (non-hydrogen) atoms. The van der Waals surface area contributed by atoms with E-state index in [1.807, 2.05) is 48.0 Å². The summed E-state index contributed by atoms with van der Waals surface area (Å²) in [6, 6.07) is 10.9. The van der Waals surface area contributed by atoms with E-state index in [4.69, 9.17) is 4.42 Å². The minimum Gasteiger partial charge on any atom is -0.422 e. The standard InChI is InChI=1S/C23H24N4O2/c1-14-11-27(12-15(2)25-14)19-5-4-17-8-20(23(28)29-22(17)10-19)18-9-21-16(3)24-6-7-26(21)13-18/h4-10,13-15,25H,11-12H2,1-3H3/t14-,15+. The van der Waals surface area contributed by atoms with Crippen molar-refractivity contribution in [2.24, 2.45) is 0 Å². The number of hydrogen-bond donors (Lipinski definition) is 1. The molecule has 6 heteroatoms. The molecule has 1 aliphatic rings. The van der Waals surface area contributed by atoms with Gasteiger partial charge in [0.25, 0.3) is 0 Å². The first kappa shape index (κ1) is 17.9. The van der Waals surface area contributed by atoms with Gasteiger partial charge in [-0.05, 0) is 45.0 Å². The van der Waals surface area contributed by atoms with Crippen LogP contribution in [-0.2, 0) is 0 Å². The van der Waals surface area contributed by atoms with Crippen molar-refractivity contribution in [3.63, 3.8) is 0 Å². The number of rotatable bonds is 2. The van der Waals surface area contributed by atoms with Crippen LogP contribution < -0.4 is 15.8 Å². The van der Waals surface area contributed by atoms with Gasteiger partial charge in [-0.15, -0.1) is 0 Å². The van der Waals surface area contributed by atoms with E-state index in [1.165, 1.54) is 0 Å². The van der Waals surface area contributed by atoms with E-state index >= 15 is 0 Å². The first-order chi connectivity index (χ1) is 14.0. The molecule has 0 saturated carbocycles. The quantitative estimate of drug-likeness (QED) is 0.532. The Labute approximate surface area is 168 Å². The fourth-order valence-electron chi connectivity index (χ4n) is 4.36. The third kappa shape index (κ3) is 3.19. The van der Waals surface area contributed by atoms with Gasteiger partial charge < -0.3 is 19.0 Å².